The van der Waals surface area contributed by atoms with Crippen LogP contribution < -0.4 is 10.0 Å². The first kappa shape index (κ1) is 14.4. The van der Waals surface area contributed by atoms with Crippen LogP contribution in [-0.4, -0.2) is 15.0 Å². The van der Waals surface area contributed by atoms with Gasteiger partial charge in [-0.05, 0) is 50.5 Å². The quantitative estimate of drug-likeness (QED) is 0.864. The molecule has 0 saturated carbocycles. The number of aryl methyl sites for hydroxylation is 2. The molecule has 0 amide bonds. The average Bonchev–Trinajstić information content (AvgIpc) is 2.78. The third-order valence-corrected chi connectivity index (χ3v) is 6.84. The highest BCUT2D eigenvalue weighted by molar-refractivity contribution is 7.93. The van der Waals surface area contributed by atoms with Gasteiger partial charge in [0, 0.05) is 22.0 Å². The summed E-state index contributed by atoms with van der Waals surface area (Å²) in [5.74, 6) is 0. The summed E-state index contributed by atoms with van der Waals surface area (Å²) < 4.78 is 27.5. The fourth-order valence-corrected chi connectivity index (χ4v) is 5.91. The van der Waals surface area contributed by atoms with Gasteiger partial charge in [0.25, 0.3) is 10.0 Å². The summed E-state index contributed by atoms with van der Waals surface area (Å²) >= 11 is 1.51. The molecule has 0 unspecified atom stereocenters. The maximum Gasteiger partial charge on any atom is 0.265 e. The Hall–Kier alpha value is -1.53. The molecule has 0 saturated heterocycles. The van der Waals surface area contributed by atoms with E-state index in [1.807, 2.05) is 32.0 Å². The van der Waals surface area contributed by atoms with Crippen LogP contribution in [0.4, 0.5) is 11.4 Å². The van der Waals surface area contributed by atoms with Crippen LogP contribution in [0.5, 0.6) is 0 Å². The van der Waals surface area contributed by atoms with Gasteiger partial charge in [-0.3, -0.25) is 4.31 Å². The maximum absolute atomic E-state index is 13.0. The number of thiophene rings is 1. The van der Waals surface area contributed by atoms with E-state index in [-0.39, 0.29) is 0 Å². The highest BCUT2D eigenvalue weighted by Gasteiger charge is 2.31. The second kappa shape index (κ2) is 5.03. The highest BCUT2D eigenvalue weighted by Crippen LogP contribution is 2.37. The number of rotatable bonds is 2. The third-order valence-electron chi connectivity index (χ3n) is 3.81. The Balaban J connectivity index is 2.14. The summed E-state index contributed by atoms with van der Waals surface area (Å²) in [4.78, 5) is 2.26. The zero-order valence-electron chi connectivity index (χ0n) is 12.1. The molecule has 0 aliphatic carbocycles. The first-order chi connectivity index (χ1) is 9.91. The predicted octanol–water partition coefficient (Wildman–Crippen LogP) is 3.09. The number of nitrogens with zero attached hydrogens (tertiary/aromatic N) is 1. The first-order valence-electron chi connectivity index (χ1n) is 6.88. The van der Waals surface area contributed by atoms with Gasteiger partial charge in [-0.2, -0.15) is 0 Å². The lowest BCUT2D eigenvalue weighted by Gasteiger charge is -2.31. The second-order valence-electron chi connectivity index (χ2n) is 5.30. The normalized spacial score (nSPS) is 15.0. The monoisotopic (exact) mass is 322 g/mol. The van der Waals surface area contributed by atoms with Gasteiger partial charge in [-0.1, -0.05) is 6.07 Å². The Kier molecular flexibility index (Phi) is 3.45. The molecule has 2 aromatic rings. The van der Waals surface area contributed by atoms with Crippen molar-refractivity contribution in [3.63, 3.8) is 0 Å². The fraction of sp³-hybridized carbons (Fsp3) is 0.333. The Labute approximate surface area is 129 Å². The number of hydrogen-bond donors (Lipinski definition) is 1. The lowest BCUT2D eigenvalue weighted by molar-refractivity contribution is 0.586. The minimum atomic E-state index is -3.51. The van der Waals surface area contributed by atoms with Gasteiger partial charge < -0.3 is 5.73 Å². The van der Waals surface area contributed by atoms with E-state index in [1.165, 1.54) is 15.6 Å². The van der Waals surface area contributed by atoms with Crippen LogP contribution in [0, 0.1) is 13.8 Å². The molecule has 0 radical (unpaired) electrons. The molecular formula is C15H18N2O2S2. The molecule has 0 spiro atoms. The second-order valence-corrected chi connectivity index (χ2v) is 8.59. The van der Waals surface area contributed by atoms with Crippen LogP contribution >= 0.6 is 11.3 Å². The molecule has 6 heteroatoms. The standard InChI is InChI=1S/C15H18N2O2S2/c1-10-9-15(11(2)20-10)21(18,19)17-8-4-5-12-13(16)6-3-7-14(12)17/h3,6-7,9H,4-5,8,16H2,1-2H3. The van der Waals surface area contributed by atoms with Crippen LogP contribution in [-0.2, 0) is 16.4 Å². The summed E-state index contributed by atoms with van der Waals surface area (Å²) in [5, 5.41) is 0. The van der Waals surface area contributed by atoms with Crippen LogP contribution in [0.2, 0.25) is 0 Å². The summed E-state index contributed by atoms with van der Waals surface area (Å²) in [5.41, 5.74) is 8.34. The van der Waals surface area contributed by atoms with Crippen molar-refractivity contribution in [3.05, 3.63) is 39.6 Å². The molecule has 0 bridgehead atoms. The lowest BCUT2D eigenvalue weighted by Crippen LogP contribution is -2.35. The number of nitrogen functional groups attached to an aromatic ring is 1. The van der Waals surface area contributed by atoms with Crippen molar-refractivity contribution >= 4 is 32.7 Å². The van der Waals surface area contributed by atoms with Crippen LogP contribution in [0.15, 0.2) is 29.2 Å². The van der Waals surface area contributed by atoms with Crippen molar-refractivity contribution in [2.24, 2.45) is 0 Å². The zero-order chi connectivity index (χ0) is 15.2. The van der Waals surface area contributed by atoms with E-state index >= 15 is 0 Å². The van der Waals surface area contributed by atoms with Crippen molar-refractivity contribution in [2.45, 2.75) is 31.6 Å². The SMILES string of the molecule is Cc1cc(S(=O)(=O)N2CCCc3c(N)cccc32)c(C)s1. The highest BCUT2D eigenvalue weighted by atomic mass is 32.2. The number of fused-ring (bicyclic) bond motifs is 1. The lowest BCUT2D eigenvalue weighted by atomic mass is 10.0. The largest absolute Gasteiger partial charge is 0.398 e. The van der Waals surface area contributed by atoms with E-state index in [0.717, 1.165) is 33.8 Å². The summed E-state index contributed by atoms with van der Waals surface area (Å²) in [6.07, 6.45) is 1.62. The molecule has 1 aromatic carbocycles. The number of benzene rings is 1. The minimum absolute atomic E-state index is 0.417. The number of anilines is 2. The molecule has 2 heterocycles. The molecule has 0 fully saturated rings. The van der Waals surface area contributed by atoms with E-state index in [4.69, 9.17) is 5.73 Å². The number of sulfonamides is 1. The topological polar surface area (TPSA) is 63.4 Å². The molecule has 2 N–H and O–H groups in total. The molecule has 21 heavy (non-hydrogen) atoms. The molecule has 0 atom stereocenters. The Morgan fingerprint density at radius 2 is 2.05 bits per heavy atom. The zero-order valence-corrected chi connectivity index (χ0v) is 13.7. The van der Waals surface area contributed by atoms with Gasteiger partial charge >= 0.3 is 0 Å². The van der Waals surface area contributed by atoms with E-state index in [0.29, 0.717) is 17.1 Å². The third kappa shape index (κ3) is 2.32. The van der Waals surface area contributed by atoms with E-state index in [1.54, 1.807) is 6.07 Å². The molecule has 112 valence electrons. The van der Waals surface area contributed by atoms with Gasteiger partial charge in [-0.15, -0.1) is 11.3 Å². The van der Waals surface area contributed by atoms with Crippen molar-refractivity contribution in [3.8, 4) is 0 Å². The van der Waals surface area contributed by atoms with Crippen molar-refractivity contribution in [1.82, 2.24) is 0 Å². The average molecular weight is 322 g/mol. The molecule has 1 aliphatic rings. The van der Waals surface area contributed by atoms with E-state index < -0.39 is 10.0 Å². The predicted molar refractivity (Wildman–Crippen MR) is 87.5 cm³/mol. The fourth-order valence-electron chi connectivity index (χ4n) is 2.85. The Morgan fingerprint density at radius 1 is 1.29 bits per heavy atom. The molecule has 1 aliphatic heterocycles. The van der Waals surface area contributed by atoms with Crippen molar-refractivity contribution in [1.29, 1.82) is 0 Å². The van der Waals surface area contributed by atoms with Gasteiger partial charge in [0.2, 0.25) is 0 Å². The van der Waals surface area contributed by atoms with Gasteiger partial charge in [0.15, 0.2) is 0 Å². The Morgan fingerprint density at radius 3 is 2.71 bits per heavy atom. The minimum Gasteiger partial charge on any atom is -0.398 e. The van der Waals surface area contributed by atoms with Gasteiger partial charge in [0.05, 0.1) is 5.69 Å². The molecular weight excluding hydrogens is 304 g/mol. The van der Waals surface area contributed by atoms with Crippen LogP contribution in [0.1, 0.15) is 21.7 Å². The number of hydrogen-bond acceptors (Lipinski definition) is 4. The van der Waals surface area contributed by atoms with Gasteiger partial charge in [0.1, 0.15) is 4.90 Å². The van der Waals surface area contributed by atoms with Crippen molar-refractivity contribution in [2.75, 3.05) is 16.6 Å². The Bertz CT molecular complexity index is 794. The van der Waals surface area contributed by atoms with Crippen LogP contribution in [0.25, 0.3) is 0 Å². The molecule has 4 nitrogen and oxygen atoms in total. The van der Waals surface area contributed by atoms with E-state index in [9.17, 15) is 8.42 Å². The van der Waals surface area contributed by atoms with Crippen LogP contribution in [0.3, 0.4) is 0 Å². The first-order valence-corrected chi connectivity index (χ1v) is 9.14. The summed E-state index contributed by atoms with van der Waals surface area (Å²) in [6.45, 7) is 4.29. The smallest absolute Gasteiger partial charge is 0.265 e. The summed E-state index contributed by atoms with van der Waals surface area (Å²) in [6, 6.07) is 7.25. The molecule has 1 aromatic heterocycles. The van der Waals surface area contributed by atoms with E-state index in [2.05, 4.69) is 0 Å². The molecule has 3 rings (SSSR count). The maximum atomic E-state index is 13.0. The summed E-state index contributed by atoms with van der Waals surface area (Å²) in [7, 11) is -3.51. The van der Waals surface area contributed by atoms with Crippen molar-refractivity contribution < 1.29 is 8.42 Å². The number of nitrogens with two attached hydrogens (primary N) is 1. The van der Waals surface area contributed by atoms with Gasteiger partial charge in [-0.25, -0.2) is 8.42 Å².